The van der Waals surface area contributed by atoms with Crippen molar-refractivity contribution in [3.8, 4) is 11.5 Å². The highest BCUT2D eigenvalue weighted by molar-refractivity contribution is 5.41. The Bertz CT molecular complexity index is 412. The monoisotopic (exact) mass is 265 g/mol. The van der Waals surface area contributed by atoms with Gasteiger partial charge in [0.05, 0.1) is 27.4 Å². The predicted octanol–water partition coefficient (Wildman–Crippen LogP) is 1.87. The number of methoxy groups -OCH3 is 2. The second kappa shape index (κ2) is 6.26. The van der Waals surface area contributed by atoms with Gasteiger partial charge >= 0.3 is 0 Å². The van der Waals surface area contributed by atoms with Crippen LogP contribution in [0.4, 0.5) is 0 Å². The zero-order valence-corrected chi connectivity index (χ0v) is 12.0. The lowest BCUT2D eigenvalue weighted by atomic mass is 9.84. The van der Waals surface area contributed by atoms with Crippen molar-refractivity contribution < 1.29 is 14.2 Å². The molecule has 1 aromatic rings. The highest BCUT2D eigenvalue weighted by atomic mass is 16.5. The van der Waals surface area contributed by atoms with E-state index in [1.807, 2.05) is 12.1 Å². The van der Waals surface area contributed by atoms with Gasteiger partial charge in [-0.3, -0.25) is 0 Å². The quantitative estimate of drug-likeness (QED) is 0.902. The molecule has 1 saturated heterocycles. The van der Waals surface area contributed by atoms with E-state index in [0.717, 1.165) is 44.2 Å². The summed E-state index contributed by atoms with van der Waals surface area (Å²) in [5.74, 6) is 1.70. The van der Waals surface area contributed by atoms with Crippen molar-refractivity contribution in [1.29, 1.82) is 0 Å². The molecule has 0 spiro atoms. The molecule has 2 rings (SSSR count). The standard InChI is InChI=1S/C15H23NO3/c1-15(10-16-6-7-19-11-15)9-12-4-5-13(17-2)8-14(12)18-3/h4-5,8,16H,6-7,9-11H2,1-3H3. The molecule has 0 amide bonds. The first-order valence-electron chi connectivity index (χ1n) is 6.66. The van der Waals surface area contributed by atoms with Crippen LogP contribution in [0.3, 0.4) is 0 Å². The minimum absolute atomic E-state index is 0.0956. The van der Waals surface area contributed by atoms with Crippen LogP contribution in [0.5, 0.6) is 11.5 Å². The maximum atomic E-state index is 5.67. The van der Waals surface area contributed by atoms with E-state index in [0.29, 0.717) is 0 Å². The summed E-state index contributed by atoms with van der Waals surface area (Å²) in [5, 5.41) is 3.43. The maximum absolute atomic E-state index is 5.67. The summed E-state index contributed by atoms with van der Waals surface area (Å²) in [5.41, 5.74) is 1.29. The molecule has 1 fully saturated rings. The van der Waals surface area contributed by atoms with E-state index in [2.05, 4.69) is 18.3 Å². The van der Waals surface area contributed by atoms with Crippen molar-refractivity contribution in [2.75, 3.05) is 40.5 Å². The van der Waals surface area contributed by atoms with E-state index in [1.54, 1.807) is 14.2 Å². The minimum Gasteiger partial charge on any atom is -0.497 e. The lowest BCUT2D eigenvalue weighted by Crippen LogP contribution is -2.34. The van der Waals surface area contributed by atoms with Crippen LogP contribution in [0.15, 0.2) is 18.2 Å². The van der Waals surface area contributed by atoms with Gasteiger partial charge in [0, 0.05) is 24.6 Å². The molecule has 1 aliphatic heterocycles. The van der Waals surface area contributed by atoms with Gasteiger partial charge in [0.25, 0.3) is 0 Å². The van der Waals surface area contributed by atoms with Crippen LogP contribution in [0.2, 0.25) is 0 Å². The van der Waals surface area contributed by atoms with Crippen LogP contribution < -0.4 is 14.8 Å². The topological polar surface area (TPSA) is 39.7 Å². The fraction of sp³-hybridized carbons (Fsp3) is 0.600. The summed E-state index contributed by atoms with van der Waals surface area (Å²) in [6, 6.07) is 5.99. The molecule has 1 heterocycles. The number of rotatable bonds is 4. The van der Waals surface area contributed by atoms with Crippen molar-refractivity contribution in [3.63, 3.8) is 0 Å². The summed E-state index contributed by atoms with van der Waals surface area (Å²) in [7, 11) is 3.36. The molecule has 1 unspecified atom stereocenters. The first-order valence-corrected chi connectivity index (χ1v) is 6.66. The van der Waals surface area contributed by atoms with Gasteiger partial charge in [0.15, 0.2) is 0 Å². The molecule has 0 aliphatic carbocycles. The summed E-state index contributed by atoms with van der Waals surface area (Å²) in [4.78, 5) is 0. The Morgan fingerprint density at radius 2 is 2.16 bits per heavy atom. The SMILES string of the molecule is COc1ccc(CC2(C)CNCCOC2)c(OC)c1. The van der Waals surface area contributed by atoms with Gasteiger partial charge in [0.2, 0.25) is 0 Å². The number of ether oxygens (including phenoxy) is 3. The van der Waals surface area contributed by atoms with Gasteiger partial charge < -0.3 is 19.5 Å². The first kappa shape index (κ1) is 14.2. The molecular formula is C15H23NO3. The fourth-order valence-electron chi connectivity index (χ4n) is 2.48. The van der Waals surface area contributed by atoms with Gasteiger partial charge in [-0.25, -0.2) is 0 Å². The van der Waals surface area contributed by atoms with E-state index in [4.69, 9.17) is 14.2 Å². The minimum atomic E-state index is 0.0956. The molecule has 0 saturated carbocycles. The molecule has 0 radical (unpaired) electrons. The average Bonchev–Trinajstić information content (AvgIpc) is 2.64. The van der Waals surface area contributed by atoms with Crippen LogP contribution in [0.25, 0.3) is 0 Å². The summed E-state index contributed by atoms with van der Waals surface area (Å²) in [6.45, 7) is 5.69. The largest absolute Gasteiger partial charge is 0.497 e. The fourth-order valence-corrected chi connectivity index (χ4v) is 2.48. The van der Waals surface area contributed by atoms with Crippen molar-refractivity contribution in [3.05, 3.63) is 23.8 Å². The number of nitrogens with one attached hydrogen (secondary N) is 1. The molecule has 0 bridgehead atoms. The Morgan fingerprint density at radius 1 is 1.32 bits per heavy atom. The summed E-state index contributed by atoms with van der Waals surface area (Å²) < 4.78 is 16.4. The molecule has 1 atom stereocenters. The van der Waals surface area contributed by atoms with Crippen LogP contribution in [0.1, 0.15) is 12.5 Å². The molecule has 19 heavy (non-hydrogen) atoms. The lowest BCUT2D eigenvalue weighted by Gasteiger charge is -2.28. The maximum Gasteiger partial charge on any atom is 0.125 e. The van der Waals surface area contributed by atoms with E-state index in [-0.39, 0.29) is 5.41 Å². The Morgan fingerprint density at radius 3 is 2.89 bits per heavy atom. The van der Waals surface area contributed by atoms with Gasteiger partial charge in [-0.1, -0.05) is 13.0 Å². The molecule has 0 aromatic heterocycles. The highest BCUT2D eigenvalue weighted by Gasteiger charge is 2.28. The van der Waals surface area contributed by atoms with Crippen LogP contribution >= 0.6 is 0 Å². The Kier molecular flexibility index (Phi) is 4.66. The van der Waals surface area contributed by atoms with Gasteiger partial charge in [-0.05, 0) is 18.1 Å². The third-order valence-corrected chi connectivity index (χ3v) is 3.54. The van der Waals surface area contributed by atoms with Crippen molar-refractivity contribution in [2.24, 2.45) is 5.41 Å². The van der Waals surface area contributed by atoms with Gasteiger partial charge in [-0.15, -0.1) is 0 Å². The second-order valence-electron chi connectivity index (χ2n) is 5.39. The zero-order valence-electron chi connectivity index (χ0n) is 12.0. The molecular weight excluding hydrogens is 242 g/mol. The Hall–Kier alpha value is -1.26. The molecule has 1 aliphatic rings. The zero-order chi connectivity index (χ0) is 13.7. The van der Waals surface area contributed by atoms with Crippen LogP contribution in [0, 0.1) is 5.41 Å². The van der Waals surface area contributed by atoms with Crippen LogP contribution in [-0.2, 0) is 11.2 Å². The summed E-state index contributed by atoms with van der Waals surface area (Å²) >= 11 is 0. The van der Waals surface area contributed by atoms with Crippen molar-refractivity contribution in [2.45, 2.75) is 13.3 Å². The average molecular weight is 265 g/mol. The number of benzene rings is 1. The third-order valence-electron chi connectivity index (χ3n) is 3.54. The lowest BCUT2D eigenvalue weighted by molar-refractivity contribution is 0.0793. The second-order valence-corrected chi connectivity index (χ2v) is 5.39. The predicted molar refractivity (Wildman–Crippen MR) is 75.0 cm³/mol. The van der Waals surface area contributed by atoms with Crippen molar-refractivity contribution in [1.82, 2.24) is 5.32 Å². The van der Waals surface area contributed by atoms with Crippen LogP contribution in [-0.4, -0.2) is 40.5 Å². The molecule has 1 N–H and O–H groups in total. The van der Waals surface area contributed by atoms with E-state index in [1.165, 1.54) is 5.56 Å². The third kappa shape index (κ3) is 3.61. The highest BCUT2D eigenvalue weighted by Crippen LogP contribution is 2.31. The normalized spacial score (nSPS) is 23.7. The smallest absolute Gasteiger partial charge is 0.125 e. The Balaban J connectivity index is 2.17. The number of hydrogen-bond acceptors (Lipinski definition) is 4. The van der Waals surface area contributed by atoms with E-state index < -0.39 is 0 Å². The Labute approximate surface area is 115 Å². The number of hydrogen-bond donors (Lipinski definition) is 1. The van der Waals surface area contributed by atoms with E-state index in [9.17, 15) is 0 Å². The van der Waals surface area contributed by atoms with Gasteiger partial charge in [-0.2, -0.15) is 0 Å². The van der Waals surface area contributed by atoms with E-state index >= 15 is 0 Å². The first-order chi connectivity index (χ1) is 9.17. The molecule has 4 nitrogen and oxygen atoms in total. The van der Waals surface area contributed by atoms with Crippen molar-refractivity contribution >= 4 is 0 Å². The summed E-state index contributed by atoms with van der Waals surface area (Å²) in [6.07, 6.45) is 0.924. The molecule has 1 aromatic carbocycles. The van der Waals surface area contributed by atoms with Gasteiger partial charge in [0.1, 0.15) is 11.5 Å². The molecule has 4 heteroatoms. The molecule has 106 valence electrons.